The minimum Gasteiger partial charge on any atom is -0.504 e. The number of hydrogen-bond acceptors (Lipinski definition) is 5. The number of allylic oxidation sites excluding steroid dienone is 4. The topological polar surface area (TPSA) is 70.1 Å². The van der Waals surface area contributed by atoms with Crippen molar-refractivity contribution in [1.82, 2.24) is 20.6 Å². The van der Waals surface area contributed by atoms with Crippen LogP contribution in [0.3, 0.4) is 0 Å². The van der Waals surface area contributed by atoms with Gasteiger partial charge in [-0.05, 0) is 70.0 Å². The molecule has 1 aromatic carbocycles. The Morgan fingerprint density at radius 3 is 2.48 bits per heavy atom. The summed E-state index contributed by atoms with van der Waals surface area (Å²) in [6.07, 6.45) is 10.6. The summed E-state index contributed by atoms with van der Waals surface area (Å²) in [6, 6.07) is 5.90. The molecule has 1 fully saturated rings. The molecule has 6 heteroatoms. The van der Waals surface area contributed by atoms with Gasteiger partial charge in [0.15, 0.2) is 5.76 Å². The average Bonchev–Trinajstić information content (AvgIpc) is 3.34. The van der Waals surface area contributed by atoms with E-state index < -0.39 is 0 Å². The van der Waals surface area contributed by atoms with Gasteiger partial charge in [-0.2, -0.15) is 0 Å². The van der Waals surface area contributed by atoms with Gasteiger partial charge in [-0.25, -0.2) is 0 Å². The van der Waals surface area contributed by atoms with Crippen molar-refractivity contribution in [3.8, 4) is 0 Å². The molecule has 0 unspecified atom stereocenters. The Labute approximate surface area is 178 Å². The first kappa shape index (κ1) is 22.9. The minimum atomic E-state index is 0.0487. The SMILES string of the molecule is C1CCNC1.C\C=C(NCc1ccc2nccnc2c1)/C(O)=C(Cl)\C=C(/C)CC. The average molecular weight is 415 g/mol. The fourth-order valence-electron chi connectivity index (χ4n) is 2.78. The zero-order chi connectivity index (χ0) is 21.1. The van der Waals surface area contributed by atoms with E-state index in [0.717, 1.165) is 28.6 Å². The van der Waals surface area contributed by atoms with E-state index in [2.05, 4.69) is 20.6 Å². The molecule has 3 rings (SSSR count). The molecule has 0 spiro atoms. The lowest BCUT2D eigenvalue weighted by Crippen LogP contribution is -2.15. The second kappa shape index (κ2) is 12.2. The Balaban J connectivity index is 0.000000521. The van der Waals surface area contributed by atoms with Crippen LogP contribution < -0.4 is 10.6 Å². The number of hydrogen-bond donors (Lipinski definition) is 3. The van der Waals surface area contributed by atoms with E-state index in [4.69, 9.17) is 11.6 Å². The normalized spacial score (nSPS) is 15.6. The minimum absolute atomic E-state index is 0.0487. The van der Waals surface area contributed by atoms with Gasteiger partial charge in [-0.3, -0.25) is 9.97 Å². The van der Waals surface area contributed by atoms with Crippen molar-refractivity contribution in [2.24, 2.45) is 0 Å². The molecule has 1 aliphatic heterocycles. The van der Waals surface area contributed by atoms with Gasteiger partial charge < -0.3 is 15.7 Å². The first-order valence-corrected chi connectivity index (χ1v) is 10.5. The number of benzene rings is 1. The van der Waals surface area contributed by atoms with Crippen molar-refractivity contribution in [2.45, 2.75) is 46.6 Å². The van der Waals surface area contributed by atoms with Gasteiger partial charge in [0.1, 0.15) is 0 Å². The molecular weight excluding hydrogens is 384 g/mol. The summed E-state index contributed by atoms with van der Waals surface area (Å²) >= 11 is 6.19. The summed E-state index contributed by atoms with van der Waals surface area (Å²) in [5.41, 5.74) is 4.46. The van der Waals surface area contributed by atoms with Gasteiger partial charge in [0.25, 0.3) is 0 Å². The number of fused-ring (bicyclic) bond motifs is 1. The Hall–Kier alpha value is -2.37. The fourth-order valence-corrected chi connectivity index (χ4v) is 3.07. The van der Waals surface area contributed by atoms with Crippen LogP contribution in [-0.2, 0) is 6.54 Å². The number of nitrogens with one attached hydrogen (secondary N) is 2. The molecule has 0 radical (unpaired) electrons. The lowest BCUT2D eigenvalue weighted by molar-refractivity contribution is 0.411. The summed E-state index contributed by atoms with van der Waals surface area (Å²) in [4.78, 5) is 8.56. The van der Waals surface area contributed by atoms with Crippen molar-refractivity contribution in [1.29, 1.82) is 0 Å². The molecule has 156 valence electrons. The summed E-state index contributed by atoms with van der Waals surface area (Å²) in [5, 5.41) is 17.1. The van der Waals surface area contributed by atoms with Gasteiger partial charge >= 0.3 is 0 Å². The van der Waals surface area contributed by atoms with E-state index in [-0.39, 0.29) is 5.76 Å². The molecule has 1 aliphatic rings. The van der Waals surface area contributed by atoms with Crippen LogP contribution in [-0.4, -0.2) is 28.2 Å². The van der Waals surface area contributed by atoms with Crippen molar-refractivity contribution in [3.05, 3.63) is 70.4 Å². The van der Waals surface area contributed by atoms with Crippen LogP contribution >= 0.6 is 11.6 Å². The summed E-state index contributed by atoms with van der Waals surface area (Å²) in [6.45, 7) is 8.93. The highest BCUT2D eigenvalue weighted by atomic mass is 35.5. The molecule has 1 saturated heterocycles. The third-order valence-electron chi connectivity index (χ3n) is 4.67. The highest BCUT2D eigenvalue weighted by Gasteiger charge is 2.08. The molecule has 0 amide bonds. The van der Waals surface area contributed by atoms with E-state index in [1.165, 1.54) is 25.9 Å². The van der Waals surface area contributed by atoms with E-state index in [1.54, 1.807) is 24.5 Å². The van der Waals surface area contributed by atoms with Crippen LogP contribution in [0.1, 0.15) is 45.6 Å². The van der Waals surface area contributed by atoms with Crippen LogP contribution in [0.2, 0.25) is 0 Å². The van der Waals surface area contributed by atoms with E-state index in [0.29, 0.717) is 17.3 Å². The van der Waals surface area contributed by atoms with Crippen LogP contribution in [0.4, 0.5) is 0 Å². The number of nitrogens with zero attached hydrogens (tertiary/aromatic N) is 2. The Morgan fingerprint density at radius 1 is 1.21 bits per heavy atom. The Kier molecular flexibility index (Phi) is 9.68. The zero-order valence-corrected chi connectivity index (χ0v) is 18.3. The lowest BCUT2D eigenvalue weighted by atomic mass is 10.1. The number of halogens is 1. The molecular formula is C23H31ClN4O. The third-order valence-corrected chi connectivity index (χ3v) is 4.96. The number of aliphatic hydroxyl groups is 1. The second-order valence-electron chi connectivity index (χ2n) is 6.93. The zero-order valence-electron chi connectivity index (χ0n) is 17.5. The third kappa shape index (κ3) is 7.52. The molecule has 1 aromatic heterocycles. The molecule has 5 nitrogen and oxygen atoms in total. The lowest BCUT2D eigenvalue weighted by Gasteiger charge is -2.11. The molecule has 0 bridgehead atoms. The van der Waals surface area contributed by atoms with Crippen molar-refractivity contribution >= 4 is 22.6 Å². The highest BCUT2D eigenvalue weighted by molar-refractivity contribution is 6.31. The van der Waals surface area contributed by atoms with Gasteiger partial charge in [0.2, 0.25) is 0 Å². The highest BCUT2D eigenvalue weighted by Crippen LogP contribution is 2.18. The fraction of sp³-hybridized carbons (Fsp3) is 0.391. The molecule has 29 heavy (non-hydrogen) atoms. The number of rotatable bonds is 6. The van der Waals surface area contributed by atoms with Crippen LogP contribution in [0, 0.1) is 0 Å². The van der Waals surface area contributed by atoms with E-state index in [9.17, 15) is 5.11 Å². The van der Waals surface area contributed by atoms with Crippen LogP contribution in [0.5, 0.6) is 0 Å². The van der Waals surface area contributed by atoms with Crippen molar-refractivity contribution in [2.75, 3.05) is 13.1 Å². The molecule has 3 N–H and O–H groups in total. The molecule has 2 heterocycles. The standard InChI is InChI=1S/C19H22ClN3O.C4H9N/c1-4-13(3)10-15(20)19(24)16(5-2)23-12-14-6-7-17-18(11-14)22-9-8-21-17;1-2-4-5-3-1/h5-11,23-24H,4,12H2,1-3H3;5H,1-4H2/b13-10+,16-5+,19-15-;. The van der Waals surface area contributed by atoms with E-state index >= 15 is 0 Å². The summed E-state index contributed by atoms with van der Waals surface area (Å²) in [7, 11) is 0. The molecule has 0 saturated carbocycles. The Bertz CT molecular complexity index is 878. The maximum Gasteiger partial charge on any atom is 0.157 e. The second-order valence-corrected chi connectivity index (χ2v) is 7.34. The van der Waals surface area contributed by atoms with E-state index in [1.807, 2.05) is 39.0 Å². The van der Waals surface area contributed by atoms with Crippen molar-refractivity contribution < 1.29 is 5.11 Å². The maximum atomic E-state index is 10.3. The Morgan fingerprint density at radius 2 is 1.90 bits per heavy atom. The van der Waals surface area contributed by atoms with Crippen LogP contribution in [0.15, 0.2) is 64.8 Å². The van der Waals surface area contributed by atoms with Gasteiger partial charge in [0, 0.05) is 18.9 Å². The number of aromatic nitrogens is 2. The van der Waals surface area contributed by atoms with Crippen molar-refractivity contribution in [3.63, 3.8) is 0 Å². The predicted octanol–water partition coefficient (Wildman–Crippen LogP) is 5.36. The van der Waals surface area contributed by atoms with Gasteiger partial charge in [0.05, 0.1) is 21.8 Å². The molecule has 0 atom stereocenters. The quantitative estimate of drug-likeness (QED) is 0.438. The monoisotopic (exact) mass is 414 g/mol. The number of aliphatic hydroxyl groups excluding tert-OH is 1. The maximum absolute atomic E-state index is 10.3. The van der Waals surface area contributed by atoms with Crippen LogP contribution in [0.25, 0.3) is 11.0 Å². The van der Waals surface area contributed by atoms with Gasteiger partial charge in [-0.1, -0.05) is 36.2 Å². The summed E-state index contributed by atoms with van der Waals surface area (Å²) < 4.78 is 0. The molecule has 0 aliphatic carbocycles. The smallest absolute Gasteiger partial charge is 0.157 e. The largest absolute Gasteiger partial charge is 0.504 e. The predicted molar refractivity (Wildman–Crippen MR) is 122 cm³/mol. The first-order chi connectivity index (χ1) is 14.0. The van der Waals surface area contributed by atoms with Gasteiger partial charge in [-0.15, -0.1) is 0 Å². The summed E-state index contributed by atoms with van der Waals surface area (Å²) in [5.74, 6) is 0.0487. The first-order valence-electron chi connectivity index (χ1n) is 10.1. The molecule has 2 aromatic rings.